The van der Waals surface area contributed by atoms with Crippen molar-refractivity contribution in [1.82, 2.24) is 4.98 Å². The number of nitrogens with zero attached hydrogens (tertiary/aromatic N) is 2. The molecule has 0 saturated carbocycles. The maximum atomic E-state index is 12.3. The van der Waals surface area contributed by atoms with Crippen LogP contribution in [-0.2, 0) is 9.47 Å². The standard InChI is InChI=1S/C17H24N2O3/c1-12(2)22-17(20)14-6-3-8-18-16(14)19-9-7-15-13(11-19)5-4-10-21-15/h3,6,8,12-13,15H,4-5,7,9-11H2,1-2H3/t13-,15-/m0/s1. The summed E-state index contributed by atoms with van der Waals surface area (Å²) in [6, 6.07) is 3.59. The van der Waals surface area contributed by atoms with Gasteiger partial charge in [0.15, 0.2) is 0 Å². The molecule has 0 bridgehead atoms. The van der Waals surface area contributed by atoms with Gasteiger partial charge in [-0.05, 0) is 45.2 Å². The zero-order valence-corrected chi connectivity index (χ0v) is 13.3. The molecule has 22 heavy (non-hydrogen) atoms. The number of hydrogen-bond acceptors (Lipinski definition) is 5. The Hall–Kier alpha value is -1.62. The number of esters is 1. The molecule has 3 rings (SSSR count). The third-order valence-corrected chi connectivity index (χ3v) is 4.36. The van der Waals surface area contributed by atoms with Gasteiger partial charge in [-0.2, -0.15) is 0 Å². The van der Waals surface area contributed by atoms with Crippen molar-refractivity contribution in [3.05, 3.63) is 23.9 Å². The first kappa shape index (κ1) is 15.3. The average molecular weight is 304 g/mol. The van der Waals surface area contributed by atoms with Crippen LogP contribution in [0.4, 0.5) is 5.82 Å². The Morgan fingerprint density at radius 2 is 2.32 bits per heavy atom. The second-order valence-corrected chi connectivity index (χ2v) is 6.37. The molecule has 2 saturated heterocycles. The van der Waals surface area contributed by atoms with E-state index in [-0.39, 0.29) is 12.1 Å². The predicted molar refractivity (Wildman–Crippen MR) is 84.1 cm³/mol. The highest BCUT2D eigenvalue weighted by molar-refractivity contribution is 5.94. The molecule has 0 spiro atoms. The van der Waals surface area contributed by atoms with Gasteiger partial charge in [0.2, 0.25) is 0 Å². The first-order valence-electron chi connectivity index (χ1n) is 8.17. The van der Waals surface area contributed by atoms with Gasteiger partial charge >= 0.3 is 5.97 Å². The molecular formula is C17H24N2O3. The smallest absolute Gasteiger partial charge is 0.342 e. The first-order valence-corrected chi connectivity index (χ1v) is 8.17. The highest BCUT2D eigenvalue weighted by Gasteiger charge is 2.33. The van der Waals surface area contributed by atoms with Crippen LogP contribution in [0.5, 0.6) is 0 Å². The van der Waals surface area contributed by atoms with Crippen LogP contribution in [0.25, 0.3) is 0 Å². The van der Waals surface area contributed by atoms with Gasteiger partial charge in [-0.25, -0.2) is 9.78 Å². The van der Waals surface area contributed by atoms with Crippen LogP contribution in [0.1, 0.15) is 43.5 Å². The van der Waals surface area contributed by atoms with Crippen molar-refractivity contribution in [2.24, 2.45) is 5.92 Å². The highest BCUT2D eigenvalue weighted by Crippen LogP contribution is 2.31. The SMILES string of the molecule is CC(C)OC(=O)c1cccnc1N1CC[C@@H]2OCCC[C@H]2C1. The lowest BCUT2D eigenvalue weighted by Crippen LogP contribution is -2.47. The van der Waals surface area contributed by atoms with E-state index in [9.17, 15) is 4.79 Å². The fraction of sp³-hybridized carbons (Fsp3) is 0.647. The molecule has 2 fully saturated rings. The zero-order valence-electron chi connectivity index (χ0n) is 13.3. The van der Waals surface area contributed by atoms with Crippen molar-refractivity contribution in [1.29, 1.82) is 0 Å². The van der Waals surface area contributed by atoms with Crippen LogP contribution in [0.2, 0.25) is 0 Å². The summed E-state index contributed by atoms with van der Waals surface area (Å²) >= 11 is 0. The largest absolute Gasteiger partial charge is 0.459 e. The van der Waals surface area contributed by atoms with Crippen LogP contribution in [0.15, 0.2) is 18.3 Å². The van der Waals surface area contributed by atoms with E-state index in [1.54, 1.807) is 18.3 Å². The molecule has 3 heterocycles. The number of ether oxygens (including phenoxy) is 2. The quantitative estimate of drug-likeness (QED) is 0.804. The van der Waals surface area contributed by atoms with Gasteiger partial charge in [0.05, 0.1) is 12.2 Å². The number of anilines is 1. The molecular weight excluding hydrogens is 280 g/mol. The minimum absolute atomic E-state index is 0.127. The molecule has 0 amide bonds. The van der Waals surface area contributed by atoms with Crippen molar-refractivity contribution in [2.75, 3.05) is 24.6 Å². The third kappa shape index (κ3) is 3.24. The molecule has 1 aromatic rings. The zero-order chi connectivity index (χ0) is 15.5. The topological polar surface area (TPSA) is 51.7 Å². The van der Waals surface area contributed by atoms with Crippen molar-refractivity contribution >= 4 is 11.8 Å². The Bertz CT molecular complexity index is 532. The van der Waals surface area contributed by atoms with Crippen molar-refractivity contribution in [3.8, 4) is 0 Å². The normalized spacial score (nSPS) is 25.0. The Labute approximate surface area is 131 Å². The summed E-state index contributed by atoms with van der Waals surface area (Å²) < 4.78 is 11.2. The lowest BCUT2D eigenvalue weighted by Gasteiger charge is -2.41. The van der Waals surface area contributed by atoms with Gasteiger partial charge in [-0.3, -0.25) is 0 Å². The van der Waals surface area contributed by atoms with Crippen LogP contribution < -0.4 is 4.90 Å². The molecule has 5 heteroatoms. The molecule has 0 N–H and O–H groups in total. The maximum Gasteiger partial charge on any atom is 0.342 e. The number of carbonyl (C=O) groups excluding carboxylic acids is 1. The van der Waals surface area contributed by atoms with E-state index in [2.05, 4.69) is 9.88 Å². The summed E-state index contributed by atoms with van der Waals surface area (Å²) in [7, 11) is 0. The van der Waals surface area contributed by atoms with Gasteiger partial charge in [-0.15, -0.1) is 0 Å². The Kier molecular flexibility index (Phi) is 4.62. The van der Waals surface area contributed by atoms with E-state index in [4.69, 9.17) is 9.47 Å². The molecule has 120 valence electrons. The maximum absolute atomic E-state index is 12.3. The van der Waals surface area contributed by atoms with Crippen LogP contribution in [-0.4, -0.2) is 42.9 Å². The molecule has 0 aromatic carbocycles. The summed E-state index contributed by atoms with van der Waals surface area (Å²) in [6.45, 7) is 6.39. The van der Waals surface area contributed by atoms with Crippen LogP contribution >= 0.6 is 0 Å². The van der Waals surface area contributed by atoms with Crippen molar-refractivity contribution in [2.45, 2.75) is 45.3 Å². The van der Waals surface area contributed by atoms with E-state index in [0.29, 0.717) is 17.6 Å². The molecule has 1 aromatic heterocycles. The van der Waals surface area contributed by atoms with Gasteiger partial charge in [-0.1, -0.05) is 0 Å². The molecule has 2 aliphatic heterocycles. The van der Waals surface area contributed by atoms with Gasteiger partial charge in [0.1, 0.15) is 11.4 Å². The number of pyridine rings is 1. The average Bonchev–Trinajstić information content (AvgIpc) is 2.54. The van der Waals surface area contributed by atoms with Crippen LogP contribution in [0, 0.1) is 5.92 Å². The van der Waals surface area contributed by atoms with E-state index in [0.717, 1.165) is 38.4 Å². The van der Waals surface area contributed by atoms with Gasteiger partial charge in [0.25, 0.3) is 0 Å². The van der Waals surface area contributed by atoms with E-state index in [1.807, 2.05) is 13.8 Å². The predicted octanol–water partition coefficient (Wildman–Crippen LogP) is 2.65. The summed E-state index contributed by atoms with van der Waals surface area (Å²) in [6.07, 6.45) is 5.31. The fourth-order valence-corrected chi connectivity index (χ4v) is 3.37. The molecule has 5 nitrogen and oxygen atoms in total. The molecule has 0 unspecified atom stereocenters. The number of piperidine rings is 1. The minimum atomic E-state index is -0.292. The van der Waals surface area contributed by atoms with E-state index < -0.39 is 0 Å². The highest BCUT2D eigenvalue weighted by atomic mass is 16.5. The number of rotatable bonds is 3. The number of hydrogen-bond donors (Lipinski definition) is 0. The summed E-state index contributed by atoms with van der Waals surface area (Å²) in [4.78, 5) is 19.0. The van der Waals surface area contributed by atoms with Gasteiger partial charge < -0.3 is 14.4 Å². The van der Waals surface area contributed by atoms with Crippen molar-refractivity contribution < 1.29 is 14.3 Å². The molecule has 2 aliphatic rings. The fourth-order valence-electron chi connectivity index (χ4n) is 3.37. The Morgan fingerprint density at radius 1 is 1.45 bits per heavy atom. The monoisotopic (exact) mass is 304 g/mol. The molecule has 0 radical (unpaired) electrons. The molecule has 0 aliphatic carbocycles. The third-order valence-electron chi connectivity index (χ3n) is 4.36. The van der Waals surface area contributed by atoms with Gasteiger partial charge in [0, 0.05) is 31.8 Å². The summed E-state index contributed by atoms with van der Waals surface area (Å²) in [5.74, 6) is 0.996. The molecule has 2 atom stereocenters. The van der Waals surface area contributed by atoms with E-state index >= 15 is 0 Å². The Morgan fingerprint density at radius 3 is 3.14 bits per heavy atom. The number of carbonyl (C=O) groups is 1. The second-order valence-electron chi connectivity index (χ2n) is 6.37. The minimum Gasteiger partial charge on any atom is -0.459 e. The second kappa shape index (κ2) is 6.65. The number of aromatic nitrogens is 1. The summed E-state index contributed by atoms with van der Waals surface area (Å²) in [5.41, 5.74) is 0.561. The lowest BCUT2D eigenvalue weighted by atomic mass is 9.88. The Balaban J connectivity index is 1.78. The first-order chi connectivity index (χ1) is 10.6. The number of fused-ring (bicyclic) bond motifs is 1. The summed E-state index contributed by atoms with van der Waals surface area (Å²) in [5, 5.41) is 0. The van der Waals surface area contributed by atoms with Crippen molar-refractivity contribution in [3.63, 3.8) is 0 Å². The lowest BCUT2D eigenvalue weighted by molar-refractivity contribution is -0.0358. The van der Waals surface area contributed by atoms with Crippen LogP contribution in [0.3, 0.4) is 0 Å². The van der Waals surface area contributed by atoms with E-state index in [1.165, 1.54) is 6.42 Å².